The summed E-state index contributed by atoms with van der Waals surface area (Å²) in [6.07, 6.45) is -0.379. The molecule has 0 radical (unpaired) electrons. The molecule has 1 heterocycles. The molecule has 2 amide bonds. The number of rotatable bonds is 1. The second kappa shape index (κ2) is 4.81. The Morgan fingerprint density at radius 1 is 0.846 bits per heavy atom. The summed E-state index contributed by atoms with van der Waals surface area (Å²) < 4.78 is 41.5. The zero-order valence-electron chi connectivity index (χ0n) is 13.9. The molecule has 1 aliphatic heterocycles. The minimum atomic E-state index is -1.40. The van der Waals surface area contributed by atoms with Crippen molar-refractivity contribution < 1.29 is 32.3 Å². The molecule has 3 aliphatic carbocycles. The highest BCUT2D eigenvalue weighted by Gasteiger charge is 2.73. The van der Waals surface area contributed by atoms with Gasteiger partial charge in [-0.05, 0) is 0 Å². The number of hydrogen-bond donors (Lipinski definition) is 0. The van der Waals surface area contributed by atoms with Crippen LogP contribution in [0, 0.1) is 40.1 Å². The number of hydrogen-bond acceptors (Lipinski definition) is 4. The number of ketones is 2. The summed E-state index contributed by atoms with van der Waals surface area (Å²) in [5, 5.41) is 0. The van der Waals surface area contributed by atoms with Crippen molar-refractivity contribution in [1.29, 1.82) is 0 Å². The lowest BCUT2D eigenvalue weighted by Gasteiger charge is -2.53. The smallest absolute Gasteiger partial charge is 0.238 e. The summed E-state index contributed by atoms with van der Waals surface area (Å²) in [6.45, 7) is 2.88. The topological polar surface area (TPSA) is 71.5 Å². The predicted molar refractivity (Wildman–Crippen MR) is 81.3 cm³/mol. The lowest BCUT2D eigenvalue weighted by atomic mass is 9.45. The van der Waals surface area contributed by atoms with Crippen LogP contribution in [0.4, 0.5) is 18.9 Å². The van der Waals surface area contributed by atoms with E-state index in [1.807, 2.05) is 0 Å². The SMILES string of the molecule is C[C@]12CC(=O)[C@](C)(CC1=O)[C@H]1C(=O)N(c3c(F)cc(F)cc3F)C(=O)[C@H]12. The molecule has 1 aromatic carbocycles. The number of carbonyl (C=O) groups excluding carboxylic acids is 4. The first kappa shape index (κ1) is 16.9. The Labute approximate surface area is 146 Å². The molecule has 3 saturated carbocycles. The van der Waals surface area contributed by atoms with E-state index >= 15 is 0 Å². The van der Waals surface area contributed by atoms with E-state index in [0.29, 0.717) is 17.0 Å². The fourth-order valence-electron chi connectivity index (χ4n) is 4.76. The van der Waals surface area contributed by atoms with E-state index in [1.165, 1.54) is 13.8 Å². The van der Waals surface area contributed by atoms with Crippen molar-refractivity contribution in [2.24, 2.45) is 22.7 Å². The number of Topliss-reactive ketones (excluding diaryl/α,β-unsaturated/α-hetero) is 2. The molecule has 8 heteroatoms. The number of anilines is 1. The van der Waals surface area contributed by atoms with Crippen LogP contribution in [-0.2, 0) is 19.2 Å². The van der Waals surface area contributed by atoms with Gasteiger partial charge < -0.3 is 0 Å². The van der Waals surface area contributed by atoms with Gasteiger partial charge in [-0.1, -0.05) is 13.8 Å². The average molecular weight is 365 g/mol. The van der Waals surface area contributed by atoms with E-state index in [4.69, 9.17) is 0 Å². The van der Waals surface area contributed by atoms with Gasteiger partial charge in [0.2, 0.25) is 11.8 Å². The third kappa shape index (κ3) is 1.77. The molecule has 0 aromatic heterocycles. The van der Waals surface area contributed by atoms with Crippen LogP contribution in [0.3, 0.4) is 0 Å². The van der Waals surface area contributed by atoms with Crippen molar-refractivity contribution in [2.45, 2.75) is 26.7 Å². The molecule has 5 rings (SSSR count). The molecule has 4 fully saturated rings. The molecule has 2 bridgehead atoms. The molecule has 1 aromatic rings. The molecule has 4 aliphatic rings. The van der Waals surface area contributed by atoms with Crippen molar-refractivity contribution >= 4 is 29.1 Å². The van der Waals surface area contributed by atoms with E-state index in [0.717, 1.165) is 0 Å². The van der Waals surface area contributed by atoms with Gasteiger partial charge in [0, 0.05) is 35.8 Å². The van der Waals surface area contributed by atoms with Crippen LogP contribution in [0.25, 0.3) is 0 Å². The second-order valence-corrected chi connectivity index (χ2v) is 7.72. The van der Waals surface area contributed by atoms with Gasteiger partial charge in [-0.3, -0.25) is 19.2 Å². The van der Waals surface area contributed by atoms with Crippen LogP contribution in [0.2, 0.25) is 0 Å². The maximum atomic E-state index is 14.2. The molecule has 1 saturated heterocycles. The second-order valence-electron chi connectivity index (χ2n) is 7.72. The average Bonchev–Trinajstić information content (AvgIpc) is 2.77. The maximum Gasteiger partial charge on any atom is 0.238 e. The summed E-state index contributed by atoms with van der Waals surface area (Å²) in [6, 6.07) is 0.741. The van der Waals surface area contributed by atoms with E-state index < -0.39 is 57.6 Å². The first-order chi connectivity index (χ1) is 12.0. The summed E-state index contributed by atoms with van der Waals surface area (Å²) in [5.41, 5.74) is -3.73. The maximum absolute atomic E-state index is 14.2. The molecule has 5 nitrogen and oxygen atoms in total. The highest BCUT2D eigenvalue weighted by molar-refractivity contribution is 6.26. The third-order valence-electron chi connectivity index (χ3n) is 6.21. The van der Waals surface area contributed by atoms with Gasteiger partial charge in [-0.25, -0.2) is 18.1 Å². The highest BCUT2D eigenvalue weighted by atomic mass is 19.1. The fraction of sp³-hybridized carbons (Fsp3) is 0.444. The molecule has 0 spiro atoms. The molecular weight excluding hydrogens is 351 g/mol. The van der Waals surface area contributed by atoms with Gasteiger partial charge in [0.1, 0.15) is 23.1 Å². The number of carbonyl (C=O) groups is 4. The Bertz CT molecular complexity index is 860. The Morgan fingerprint density at radius 3 is 1.62 bits per heavy atom. The molecule has 4 atom stereocenters. The van der Waals surface area contributed by atoms with Crippen molar-refractivity contribution in [3.63, 3.8) is 0 Å². The molecule has 0 N–H and O–H groups in total. The Hall–Kier alpha value is -2.51. The van der Waals surface area contributed by atoms with Crippen LogP contribution in [-0.4, -0.2) is 23.4 Å². The van der Waals surface area contributed by atoms with Crippen molar-refractivity contribution in [3.8, 4) is 0 Å². The number of halogens is 3. The van der Waals surface area contributed by atoms with Crippen LogP contribution >= 0.6 is 0 Å². The Kier molecular flexibility index (Phi) is 3.13. The third-order valence-corrected chi connectivity index (χ3v) is 6.21. The lowest BCUT2D eigenvalue weighted by molar-refractivity contribution is -0.172. The molecule has 0 unspecified atom stereocenters. The minimum Gasteiger partial charge on any atom is -0.299 e. The van der Waals surface area contributed by atoms with E-state index in [2.05, 4.69) is 0 Å². The van der Waals surface area contributed by atoms with Crippen molar-refractivity contribution in [2.75, 3.05) is 4.90 Å². The van der Waals surface area contributed by atoms with Crippen LogP contribution in [0.5, 0.6) is 0 Å². The number of imide groups is 1. The lowest BCUT2D eigenvalue weighted by Crippen LogP contribution is -2.62. The quantitative estimate of drug-likeness (QED) is 0.715. The van der Waals surface area contributed by atoms with E-state index in [9.17, 15) is 32.3 Å². The highest BCUT2D eigenvalue weighted by Crippen LogP contribution is 2.62. The van der Waals surface area contributed by atoms with Crippen molar-refractivity contribution in [3.05, 3.63) is 29.6 Å². The van der Waals surface area contributed by atoms with Gasteiger partial charge in [0.05, 0.1) is 11.8 Å². The first-order valence-electron chi connectivity index (χ1n) is 8.11. The summed E-state index contributed by atoms with van der Waals surface area (Å²) in [7, 11) is 0. The number of fused-ring (bicyclic) bond motifs is 2. The number of amides is 2. The van der Waals surface area contributed by atoms with Crippen molar-refractivity contribution in [1.82, 2.24) is 0 Å². The molecule has 26 heavy (non-hydrogen) atoms. The van der Waals surface area contributed by atoms with Gasteiger partial charge >= 0.3 is 0 Å². The number of benzene rings is 1. The van der Waals surface area contributed by atoms with Crippen LogP contribution < -0.4 is 4.90 Å². The van der Waals surface area contributed by atoms with Gasteiger partial charge in [0.15, 0.2) is 11.6 Å². The van der Waals surface area contributed by atoms with Gasteiger partial charge in [-0.15, -0.1) is 0 Å². The molecular formula is C18H14F3NO4. The zero-order chi connectivity index (χ0) is 19.2. The normalized spacial score (nSPS) is 36.1. The Morgan fingerprint density at radius 2 is 1.23 bits per heavy atom. The Balaban J connectivity index is 1.92. The van der Waals surface area contributed by atoms with Gasteiger partial charge in [-0.2, -0.15) is 0 Å². The summed E-state index contributed by atoms with van der Waals surface area (Å²) in [5.74, 6) is -8.81. The minimum absolute atomic E-state index is 0.190. The number of nitrogens with zero attached hydrogens (tertiary/aromatic N) is 1. The fourth-order valence-corrected chi connectivity index (χ4v) is 4.76. The predicted octanol–water partition coefficient (Wildman–Crippen LogP) is 2.17. The largest absolute Gasteiger partial charge is 0.299 e. The van der Waals surface area contributed by atoms with E-state index in [1.54, 1.807) is 0 Å². The summed E-state index contributed by atoms with van der Waals surface area (Å²) >= 11 is 0. The van der Waals surface area contributed by atoms with Crippen LogP contribution in [0.1, 0.15) is 26.7 Å². The van der Waals surface area contributed by atoms with Crippen LogP contribution in [0.15, 0.2) is 12.1 Å². The molecule has 136 valence electrons. The first-order valence-corrected chi connectivity index (χ1v) is 8.11. The summed E-state index contributed by atoms with van der Waals surface area (Å²) in [4.78, 5) is 51.3. The van der Waals surface area contributed by atoms with E-state index in [-0.39, 0.29) is 24.4 Å². The van der Waals surface area contributed by atoms with Gasteiger partial charge in [0.25, 0.3) is 0 Å². The monoisotopic (exact) mass is 365 g/mol. The zero-order valence-corrected chi connectivity index (χ0v) is 13.9. The standard InChI is InChI=1S/C18H14F3NO4/c1-17-5-11(24)18(2,6-10(17)23)13-12(17)15(25)22(16(13)26)14-8(20)3-7(19)4-9(14)21/h3-4,12-13H,5-6H2,1-2H3/t12-,13+,17-,18-/m0/s1.